The third-order valence-electron chi connectivity index (χ3n) is 5.32. The molecule has 1 heterocycles. The minimum absolute atomic E-state index is 0.0810. The molecular weight excluding hydrogens is 402 g/mol. The van der Waals surface area contributed by atoms with Crippen molar-refractivity contribution in [1.82, 2.24) is 4.90 Å². The highest BCUT2D eigenvalue weighted by Crippen LogP contribution is 2.31. The van der Waals surface area contributed by atoms with Gasteiger partial charge in [-0.3, -0.25) is 14.4 Å². The first-order chi connectivity index (χ1) is 14.2. The van der Waals surface area contributed by atoms with E-state index in [2.05, 4.69) is 5.32 Å². The van der Waals surface area contributed by atoms with Crippen LogP contribution >= 0.6 is 11.6 Å². The van der Waals surface area contributed by atoms with Gasteiger partial charge in [0.25, 0.3) is 0 Å². The van der Waals surface area contributed by atoms with Gasteiger partial charge in [-0.05, 0) is 44.0 Å². The van der Waals surface area contributed by atoms with Gasteiger partial charge < -0.3 is 15.1 Å². The molecule has 1 aliphatic heterocycles. The predicted molar refractivity (Wildman–Crippen MR) is 119 cm³/mol. The Bertz CT molecular complexity index is 982. The third-order valence-corrected chi connectivity index (χ3v) is 5.64. The van der Waals surface area contributed by atoms with Crippen LogP contribution in [0.25, 0.3) is 0 Å². The molecule has 3 rings (SSSR count). The van der Waals surface area contributed by atoms with Crippen LogP contribution in [0.2, 0.25) is 5.02 Å². The molecule has 1 aliphatic rings. The monoisotopic (exact) mass is 427 g/mol. The zero-order valence-corrected chi connectivity index (χ0v) is 18.4. The molecule has 158 valence electrons. The highest BCUT2D eigenvalue weighted by Gasteiger charge is 2.37. The van der Waals surface area contributed by atoms with Crippen molar-refractivity contribution >= 4 is 40.7 Å². The summed E-state index contributed by atoms with van der Waals surface area (Å²) in [4.78, 5) is 40.7. The van der Waals surface area contributed by atoms with Crippen LogP contribution in [0.1, 0.15) is 23.1 Å². The lowest BCUT2D eigenvalue weighted by molar-refractivity contribution is -0.137. The first-order valence-electron chi connectivity index (χ1n) is 9.85. The number of rotatable bonds is 5. The van der Waals surface area contributed by atoms with Crippen molar-refractivity contribution in [2.75, 3.05) is 30.4 Å². The number of hydrogen-bond acceptors (Lipinski definition) is 3. The van der Waals surface area contributed by atoms with E-state index in [-0.39, 0.29) is 37.2 Å². The predicted octanol–water partition coefficient (Wildman–Crippen LogP) is 3.72. The molecule has 1 N–H and O–H groups in total. The van der Waals surface area contributed by atoms with Gasteiger partial charge in [-0.15, -0.1) is 0 Å². The van der Waals surface area contributed by atoms with Gasteiger partial charge >= 0.3 is 0 Å². The number of aryl methyl sites for hydroxylation is 3. The fraction of sp³-hybridized carbons (Fsp3) is 0.348. The van der Waals surface area contributed by atoms with E-state index in [9.17, 15) is 14.4 Å². The number of nitrogens with zero attached hydrogens (tertiary/aromatic N) is 2. The summed E-state index contributed by atoms with van der Waals surface area (Å²) < 4.78 is 0. The molecule has 3 amide bonds. The van der Waals surface area contributed by atoms with Gasteiger partial charge in [0.1, 0.15) is 0 Å². The van der Waals surface area contributed by atoms with Crippen LogP contribution in [0.5, 0.6) is 0 Å². The minimum atomic E-state index is -0.505. The maximum atomic E-state index is 12.9. The zero-order chi connectivity index (χ0) is 22.0. The Hall–Kier alpha value is -2.86. The van der Waals surface area contributed by atoms with Crippen LogP contribution in [0.4, 0.5) is 11.4 Å². The van der Waals surface area contributed by atoms with Crippen molar-refractivity contribution in [1.29, 1.82) is 0 Å². The molecule has 30 heavy (non-hydrogen) atoms. The number of hydrogen-bond donors (Lipinski definition) is 1. The summed E-state index contributed by atoms with van der Waals surface area (Å²) in [6, 6.07) is 11.1. The summed E-state index contributed by atoms with van der Waals surface area (Å²) in [7, 11) is 1.58. The van der Waals surface area contributed by atoms with Crippen LogP contribution < -0.4 is 10.2 Å². The summed E-state index contributed by atoms with van der Waals surface area (Å²) in [5.41, 5.74) is 4.46. The standard InChI is InChI=1S/C23H26ClN3O3/c1-14-9-15(2)22(16(3)10-14)25-20(28)13-26(4)23(30)17-11-21(29)27(12-17)19-8-6-5-7-18(19)24/h5-10,17H,11-13H2,1-4H3,(H,25,28). The maximum Gasteiger partial charge on any atom is 0.243 e. The number of halogens is 1. The molecule has 0 spiro atoms. The van der Waals surface area contributed by atoms with Gasteiger partial charge in [0.2, 0.25) is 17.7 Å². The molecule has 0 radical (unpaired) electrons. The van der Waals surface area contributed by atoms with Gasteiger partial charge in [-0.25, -0.2) is 0 Å². The fourth-order valence-electron chi connectivity index (χ4n) is 3.94. The Morgan fingerprint density at radius 3 is 2.43 bits per heavy atom. The Balaban J connectivity index is 1.63. The van der Waals surface area contributed by atoms with Crippen LogP contribution in [0.15, 0.2) is 36.4 Å². The van der Waals surface area contributed by atoms with Crippen molar-refractivity contribution in [3.8, 4) is 0 Å². The Kier molecular flexibility index (Phi) is 6.46. The number of nitrogens with one attached hydrogen (secondary N) is 1. The number of carbonyl (C=O) groups excluding carboxylic acids is 3. The molecule has 0 bridgehead atoms. The Labute approximate surface area is 181 Å². The number of para-hydroxylation sites is 1. The second-order valence-electron chi connectivity index (χ2n) is 7.87. The van der Waals surface area contributed by atoms with Crippen LogP contribution in [0, 0.1) is 26.7 Å². The number of amides is 3. The van der Waals surface area contributed by atoms with E-state index in [1.54, 1.807) is 31.3 Å². The van der Waals surface area contributed by atoms with E-state index in [0.29, 0.717) is 10.7 Å². The number of anilines is 2. The van der Waals surface area contributed by atoms with E-state index in [0.717, 1.165) is 22.4 Å². The zero-order valence-electron chi connectivity index (χ0n) is 17.7. The topological polar surface area (TPSA) is 69.7 Å². The molecule has 7 heteroatoms. The third kappa shape index (κ3) is 4.65. The van der Waals surface area contributed by atoms with Gasteiger partial charge in [0.05, 0.1) is 23.2 Å². The van der Waals surface area contributed by atoms with Crippen LogP contribution in [-0.4, -0.2) is 42.8 Å². The minimum Gasteiger partial charge on any atom is -0.336 e. The molecule has 2 aromatic carbocycles. The normalized spacial score (nSPS) is 16.0. The van der Waals surface area contributed by atoms with Crippen LogP contribution in [-0.2, 0) is 14.4 Å². The summed E-state index contributed by atoms with van der Waals surface area (Å²) >= 11 is 6.20. The molecule has 6 nitrogen and oxygen atoms in total. The molecule has 1 unspecified atom stereocenters. The molecule has 0 aromatic heterocycles. The lowest BCUT2D eigenvalue weighted by Gasteiger charge is -2.22. The number of benzene rings is 2. The fourth-order valence-corrected chi connectivity index (χ4v) is 4.18. The second-order valence-corrected chi connectivity index (χ2v) is 8.28. The van der Waals surface area contributed by atoms with E-state index < -0.39 is 5.92 Å². The van der Waals surface area contributed by atoms with Gasteiger partial charge in [-0.2, -0.15) is 0 Å². The highest BCUT2D eigenvalue weighted by atomic mass is 35.5. The quantitative estimate of drug-likeness (QED) is 0.790. The van der Waals surface area contributed by atoms with Crippen molar-refractivity contribution in [2.45, 2.75) is 27.2 Å². The van der Waals surface area contributed by atoms with Crippen molar-refractivity contribution in [2.24, 2.45) is 5.92 Å². The molecule has 1 fully saturated rings. The highest BCUT2D eigenvalue weighted by molar-refractivity contribution is 6.33. The largest absolute Gasteiger partial charge is 0.336 e. The average Bonchev–Trinajstić information content (AvgIpc) is 3.05. The molecular formula is C23H26ClN3O3. The Morgan fingerprint density at radius 1 is 1.17 bits per heavy atom. The summed E-state index contributed by atoms with van der Waals surface area (Å²) in [6.45, 7) is 6.06. The summed E-state index contributed by atoms with van der Waals surface area (Å²) in [6.07, 6.45) is 0.103. The number of carbonyl (C=O) groups is 3. The van der Waals surface area contributed by atoms with E-state index in [4.69, 9.17) is 11.6 Å². The lowest BCUT2D eigenvalue weighted by atomic mass is 10.0. The molecule has 2 aromatic rings. The first-order valence-corrected chi connectivity index (χ1v) is 10.2. The van der Waals surface area contributed by atoms with Crippen molar-refractivity contribution < 1.29 is 14.4 Å². The smallest absolute Gasteiger partial charge is 0.243 e. The summed E-state index contributed by atoms with van der Waals surface area (Å²) in [5, 5.41) is 3.37. The lowest BCUT2D eigenvalue weighted by Crippen LogP contribution is -2.39. The Morgan fingerprint density at radius 2 is 1.80 bits per heavy atom. The summed E-state index contributed by atoms with van der Waals surface area (Å²) in [5.74, 6) is -1.15. The average molecular weight is 428 g/mol. The maximum absolute atomic E-state index is 12.9. The molecule has 1 saturated heterocycles. The number of likely N-dealkylation sites (N-methyl/N-ethyl adjacent to an activating group) is 1. The van der Waals surface area contributed by atoms with E-state index in [1.807, 2.05) is 32.9 Å². The van der Waals surface area contributed by atoms with Gasteiger partial charge in [0.15, 0.2) is 0 Å². The molecule has 0 aliphatic carbocycles. The van der Waals surface area contributed by atoms with Gasteiger partial charge in [-0.1, -0.05) is 41.4 Å². The van der Waals surface area contributed by atoms with Crippen molar-refractivity contribution in [3.05, 3.63) is 58.1 Å². The second kappa shape index (κ2) is 8.88. The van der Waals surface area contributed by atoms with E-state index in [1.165, 1.54) is 9.80 Å². The van der Waals surface area contributed by atoms with Gasteiger partial charge in [0, 0.05) is 25.7 Å². The van der Waals surface area contributed by atoms with Crippen molar-refractivity contribution in [3.63, 3.8) is 0 Å². The van der Waals surface area contributed by atoms with E-state index >= 15 is 0 Å². The van der Waals surface area contributed by atoms with Crippen LogP contribution in [0.3, 0.4) is 0 Å². The SMILES string of the molecule is Cc1cc(C)c(NC(=O)CN(C)C(=O)C2CC(=O)N(c3ccccc3Cl)C2)c(C)c1. The first kappa shape index (κ1) is 21.8. The molecule has 1 atom stereocenters. The molecule has 0 saturated carbocycles.